The van der Waals surface area contributed by atoms with Crippen molar-refractivity contribution in [3.63, 3.8) is 0 Å². The number of carbonyl (C=O) groups excluding carboxylic acids is 1. The molecular weight excluding hydrogens is 330 g/mol. The number of nitrogens with zero attached hydrogens (tertiary/aromatic N) is 2. The zero-order valence-corrected chi connectivity index (χ0v) is 13.6. The molecule has 0 unspecified atom stereocenters. The molecule has 0 saturated carbocycles. The molecule has 1 amide bonds. The van der Waals surface area contributed by atoms with Crippen molar-refractivity contribution in [3.05, 3.63) is 60.0 Å². The minimum Gasteiger partial charge on any atom is -0.343 e. The predicted molar refractivity (Wildman–Crippen MR) is 87.6 cm³/mol. The number of aromatic nitrogens is 2. The highest BCUT2D eigenvalue weighted by Crippen LogP contribution is 2.19. The van der Waals surface area contributed by atoms with Crippen LogP contribution in [0.3, 0.4) is 0 Å². The number of nitrogens with one attached hydrogen (secondary N) is 1. The monoisotopic (exact) mass is 345 g/mol. The minimum atomic E-state index is -3.27. The number of hydrogen-bond acceptors (Lipinski definition) is 5. The van der Waals surface area contributed by atoms with Crippen LogP contribution >= 0.6 is 0 Å². The van der Waals surface area contributed by atoms with Gasteiger partial charge >= 0.3 is 0 Å². The maximum absolute atomic E-state index is 11.7. The summed E-state index contributed by atoms with van der Waals surface area (Å²) in [6.07, 6.45) is 4.55. The number of amides is 1. The lowest BCUT2D eigenvalue weighted by molar-refractivity contribution is 0.0701. The van der Waals surface area contributed by atoms with E-state index in [1.807, 2.05) is 22.9 Å². The van der Waals surface area contributed by atoms with Gasteiger partial charge in [-0.2, -0.15) is 0 Å². The van der Waals surface area contributed by atoms with Gasteiger partial charge in [0.1, 0.15) is 5.69 Å². The van der Waals surface area contributed by atoms with Crippen LogP contribution in [-0.4, -0.2) is 35.3 Å². The van der Waals surface area contributed by atoms with E-state index in [1.54, 1.807) is 35.9 Å². The molecule has 0 bridgehead atoms. The van der Waals surface area contributed by atoms with Gasteiger partial charge in [-0.3, -0.25) is 15.0 Å². The molecule has 0 atom stereocenters. The summed E-state index contributed by atoms with van der Waals surface area (Å²) in [5.74, 6) is -0.691. The quantitative estimate of drug-likeness (QED) is 0.552. The van der Waals surface area contributed by atoms with Gasteiger partial charge in [-0.05, 0) is 29.8 Å². The topological polar surface area (TPSA) is 101 Å². The van der Waals surface area contributed by atoms with Crippen LogP contribution in [0.15, 0.2) is 53.7 Å². The average molecular weight is 345 g/mol. The normalized spacial score (nSPS) is 11.6. The van der Waals surface area contributed by atoms with Gasteiger partial charge in [0.2, 0.25) is 0 Å². The van der Waals surface area contributed by atoms with Gasteiger partial charge < -0.3 is 4.57 Å². The van der Waals surface area contributed by atoms with Crippen molar-refractivity contribution in [1.82, 2.24) is 15.0 Å². The lowest BCUT2D eigenvalue weighted by Gasteiger charge is -2.08. The zero-order chi connectivity index (χ0) is 17.3. The fraction of sp³-hybridized carbons (Fsp3) is 0.125. The zero-order valence-electron chi connectivity index (χ0n) is 12.8. The van der Waals surface area contributed by atoms with E-state index in [-0.39, 0.29) is 10.6 Å². The number of sulfone groups is 1. The second-order valence-electron chi connectivity index (χ2n) is 5.43. The standard InChI is InChI=1S/C16H15N3O4S/c1-24(22,23)13-4-2-3-11(7-13)10-19-6-5-12-9-17-14(8-15(12)19)16(20)18-21/h2-9,21H,10H2,1H3,(H,18,20). The first-order valence-electron chi connectivity index (χ1n) is 7.07. The number of hydroxylamine groups is 1. The van der Waals surface area contributed by atoms with E-state index < -0.39 is 15.7 Å². The molecule has 0 saturated heterocycles. The first-order chi connectivity index (χ1) is 11.4. The minimum absolute atomic E-state index is 0.0924. The predicted octanol–water partition coefficient (Wildman–Crippen LogP) is 1.61. The highest BCUT2D eigenvalue weighted by molar-refractivity contribution is 7.90. The SMILES string of the molecule is CS(=O)(=O)c1cccc(Cn2ccc3cnc(C(=O)NO)cc32)c1. The van der Waals surface area contributed by atoms with Gasteiger partial charge in [-0.25, -0.2) is 13.9 Å². The van der Waals surface area contributed by atoms with Crippen LogP contribution in [0.25, 0.3) is 10.9 Å². The van der Waals surface area contributed by atoms with E-state index in [9.17, 15) is 13.2 Å². The largest absolute Gasteiger partial charge is 0.343 e. The molecule has 3 rings (SSSR count). The Hall–Kier alpha value is -2.71. The van der Waals surface area contributed by atoms with Crippen molar-refractivity contribution in [2.24, 2.45) is 0 Å². The molecule has 1 aromatic carbocycles. The molecule has 7 nitrogen and oxygen atoms in total. The van der Waals surface area contributed by atoms with Crippen LogP contribution in [-0.2, 0) is 16.4 Å². The summed E-state index contributed by atoms with van der Waals surface area (Å²) in [4.78, 5) is 15.7. The van der Waals surface area contributed by atoms with Crippen molar-refractivity contribution >= 4 is 26.6 Å². The third kappa shape index (κ3) is 3.15. The second kappa shape index (κ2) is 6.06. The van der Waals surface area contributed by atoms with Gasteiger partial charge in [0.05, 0.1) is 10.4 Å². The van der Waals surface area contributed by atoms with Crippen LogP contribution in [0.5, 0.6) is 0 Å². The first-order valence-corrected chi connectivity index (χ1v) is 8.96. The fourth-order valence-corrected chi connectivity index (χ4v) is 3.16. The average Bonchev–Trinajstić information content (AvgIpc) is 2.96. The Morgan fingerprint density at radius 1 is 1.29 bits per heavy atom. The van der Waals surface area contributed by atoms with E-state index in [0.717, 1.165) is 16.5 Å². The van der Waals surface area contributed by atoms with Crippen molar-refractivity contribution in [1.29, 1.82) is 0 Å². The molecule has 0 fully saturated rings. The lowest BCUT2D eigenvalue weighted by atomic mass is 10.2. The van der Waals surface area contributed by atoms with Gasteiger partial charge in [-0.15, -0.1) is 0 Å². The third-order valence-corrected chi connectivity index (χ3v) is 4.78. The Labute approximate surface area is 138 Å². The van der Waals surface area contributed by atoms with Crippen molar-refractivity contribution in [3.8, 4) is 0 Å². The Balaban J connectivity index is 2.00. The van der Waals surface area contributed by atoms with E-state index >= 15 is 0 Å². The van der Waals surface area contributed by atoms with Crippen molar-refractivity contribution in [2.75, 3.05) is 6.26 Å². The first kappa shape index (κ1) is 16.2. The molecular formula is C16H15N3O4S. The molecule has 2 heterocycles. The number of pyridine rings is 1. The van der Waals surface area contributed by atoms with Crippen molar-refractivity contribution < 1.29 is 18.4 Å². The smallest absolute Gasteiger partial charge is 0.293 e. The van der Waals surface area contributed by atoms with E-state index in [4.69, 9.17) is 5.21 Å². The van der Waals surface area contributed by atoms with Crippen molar-refractivity contribution in [2.45, 2.75) is 11.4 Å². The fourth-order valence-electron chi connectivity index (χ4n) is 2.47. The van der Waals surface area contributed by atoms with Crippen LogP contribution in [0.1, 0.15) is 16.1 Å². The Morgan fingerprint density at radius 2 is 2.08 bits per heavy atom. The van der Waals surface area contributed by atoms with E-state index in [2.05, 4.69) is 4.98 Å². The highest BCUT2D eigenvalue weighted by atomic mass is 32.2. The van der Waals surface area contributed by atoms with Gasteiger partial charge in [-0.1, -0.05) is 12.1 Å². The molecule has 2 N–H and O–H groups in total. The molecule has 24 heavy (non-hydrogen) atoms. The number of hydrogen-bond donors (Lipinski definition) is 2. The summed E-state index contributed by atoms with van der Waals surface area (Å²) in [6, 6.07) is 10.1. The van der Waals surface area contributed by atoms with Crippen LogP contribution in [0.4, 0.5) is 0 Å². The maximum Gasteiger partial charge on any atom is 0.293 e. The molecule has 0 radical (unpaired) electrons. The Kier molecular flexibility index (Phi) is 4.08. The summed E-state index contributed by atoms with van der Waals surface area (Å²) in [5.41, 5.74) is 3.22. The molecule has 0 aliphatic rings. The van der Waals surface area contributed by atoms with E-state index in [1.165, 1.54) is 6.26 Å². The second-order valence-corrected chi connectivity index (χ2v) is 7.45. The maximum atomic E-state index is 11.7. The van der Waals surface area contributed by atoms with Gasteiger partial charge in [0, 0.05) is 30.6 Å². The number of fused-ring (bicyclic) bond motifs is 1. The van der Waals surface area contributed by atoms with Crippen LogP contribution < -0.4 is 5.48 Å². The van der Waals surface area contributed by atoms with Crippen LogP contribution in [0.2, 0.25) is 0 Å². The summed E-state index contributed by atoms with van der Waals surface area (Å²) in [5, 5.41) is 9.56. The van der Waals surface area contributed by atoms with Gasteiger partial charge in [0.15, 0.2) is 9.84 Å². The Bertz CT molecular complexity index is 1020. The number of benzene rings is 1. The molecule has 3 aromatic rings. The molecule has 0 aliphatic carbocycles. The van der Waals surface area contributed by atoms with Crippen LogP contribution in [0, 0.1) is 0 Å². The molecule has 8 heteroatoms. The summed E-state index contributed by atoms with van der Waals surface area (Å²) >= 11 is 0. The van der Waals surface area contributed by atoms with Gasteiger partial charge in [0.25, 0.3) is 5.91 Å². The molecule has 2 aromatic heterocycles. The number of carbonyl (C=O) groups is 1. The summed E-state index contributed by atoms with van der Waals surface area (Å²) in [6.45, 7) is 0.442. The molecule has 0 spiro atoms. The van der Waals surface area contributed by atoms with E-state index in [0.29, 0.717) is 6.54 Å². The molecule has 0 aliphatic heterocycles. The third-order valence-electron chi connectivity index (χ3n) is 3.67. The Morgan fingerprint density at radius 3 is 2.79 bits per heavy atom. The lowest BCUT2D eigenvalue weighted by Crippen LogP contribution is -2.19. The molecule has 124 valence electrons. The summed E-state index contributed by atoms with van der Waals surface area (Å²) < 4.78 is 25.2. The summed E-state index contributed by atoms with van der Waals surface area (Å²) in [7, 11) is -3.27. The highest BCUT2D eigenvalue weighted by Gasteiger charge is 2.11. The number of rotatable bonds is 4.